The van der Waals surface area contributed by atoms with Gasteiger partial charge in [-0.2, -0.15) is 11.8 Å². The molecule has 0 amide bonds. The fraction of sp³-hybridized carbons (Fsp3) is 0.600. The third-order valence-corrected chi connectivity index (χ3v) is 3.45. The van der Waals surface area contributed by atoms with Crippen LogP contribution in [0.4, 0.5) is 0 Å². The fourth-order valence-corrected chi connectivity index (χ4v) is 2.20. The minimum atomic E-state index is 0.577. The van der Waals surface area contributed by atoms with Crippen LogP contribution in [0.1, 0.15) is 32.3 Å². The van der Waals surface area contributed by atoms with Crippen LogP contribution in [0.3, 0.4) is 0 Å². The van der Waals surface area contributed by atoms with Crippen LogP contribution in [0.5, 0.6) is 5.75 Å². The largest absolute Gasteiger partial charge is 0.494 e. The summed E-state index contributed by atoms with van der Waals surface area (Å²) >= 11 is 1.90. The molecule has 3 heteroatoms. The van der Waals surface area contributed by atoms with E-state index in [1.165, 1.54) is 17.7 Å². The first-order chi connectivity index (χ1) is 8.76. The Labute approximate surface area is 116 Å². The van der Waals surface area contributed by atoms with E-state index in [4.69, 9.17) is 4.74 Å². The highest BCUT2D eigenvalue weighted by atomic mass is 32.2. The summed E-state index contributed by atoms with van der Waals surface area (Å²) in [4.78, 5) is 0. The number of ether oxygens (including phenoxy) is 1. The van der Waals surface area contributed by atoms with Gasteiger partial charge in [-0.05, 0) is 49.5 Å². The second kappa shape index (κ2) is 9.29. The molecule has 1 atom stereocenters. The molecule has 0 aliphatic heterocycles. The molecular formula is C15H25NOS. The van der Waals surface area contributed by atoms with E-state index in [1.54, 1.807) is 0 Å². The van der Waals surface area contributed by atoms with Crippen molar-refractivity contribution in [2.24, 2.45) is 0 Å². The summed E-state index contributed by atoms with van der Waals surface area (Å²) in [7, 11) is 0. The van der Waals surface area contributed by atoms with Crippen LogP contribution < -0.4 is 10.1 Å². The molecule has 0 radical (unpaired) electrons. The van der Waals surface area contributed by atoms with Crippen LogP contribution in [0, 0.1) is 0 Å². The Kier molecular flexibility index (Phi) is 7.94. The van der Waals surface area contributed by atoms with E-state index in [1.807, 2.05) is 11.8 Å². The van der Waals surface area contributed by atoms with Crippen molar-refractivity contribution in [2.75, 3.05) is 18.6 Å². The number of benzene rings is 1. The van der Waals surface area contributed by atoms with Crippen molar-refractivity contribution in [1.82, 2.24) is 5.32 Å². The average Bonchev–Trinajstić information content (AvgIpc) is 2.41. The Morgan fingerprint density at radius 2 is 2.00 bits per heavy atom. The lowest BCUT2D eigenvalue weighted by Gasteiger charge is -2.13. The lowest BCUT2D eigenvalue weighted by molar-refractivity contribution is 0.317. The van der Waals surface area contributed by atoms with Crippen LogP contribution in [0.15, 0.2) is 24.3 Å². The maximum absolute atomic E-state index is 5.57. The first-order valence-electron chi connectivity index (χ1n) is 6.70. The van der Waals surface area contributed by atoms with Crippen molar-refractivity contribution in [1.29, 1.82) is 0 Å². The second-order valence-electron chi connectivity index (χ2n) is 4.56. The standard InChI is InChI=1S/C15H25NOS/c1-4-10-17-15-7-5-14(6-8-15)12-16-13(2)9-11-18-3/h5-8,13,16H,4,9-12H2,1-3H3. The summed E-state index contributed by atoms with van der Waals surface area (Å²) in [6, 6.07) is 8.96. The molecule has 0 saturated carbocycles. The number of thioether (sulfide) groups is 1. The average molecular weight is 267 g/mol. The summed E-state index contributed by atoms with van der Waals surface area (Å²) in [6.45, 7) is 6.09. The van der Waals surface area contributed by atoms with E-state index in [0.29, 0.717) is 6.04 Å². The smallest absolute Gasteiger partial charge is 0.119 e. The van der Waals surface area contributed by atoms with Gasteiger partial charge in [0.05, 0.1) is 6.61 Å². The monoisotopic (exact) mass is 267 g/mol. The number of hydrogen-bond acceptors (Lipinski definition) is 3. The van der Waals surface area contributed by atoms with Gasteiger partial charge < -0.3 is 10.1 Å². The van der Waals surface area contributed by atoms with Crippen molar-refractivity contribution in [3.05, 3.63) is 29.8 Å². The molecule has 1 aromatic rings. The predicted molar refractivity (Wildman–Crippen MR) is 81.5 cm³/mol. The summed E-state index contributed by atoms with van der Waals surface area (Å²) in [6.07, 6.45) is 4.43. The van der Waals surface area contributed by atoms with Crippen molar-refractivity contribution in [3.63, 3.8) is 0 Å². The van der Waals surface area contributed by atoms with Gasteiger partial charge in [0.15, 0.2) is 0 Å². The normalized spacial score (nSPS) is 12.4. The van der Waals surface area contributed by atoms with Crippen LogP contribution in [0.25, 0.3) is 0 Å². The van der Waals surface area contributed by atoms with Crippen LogP contribution in [-0.4, -0.2) is 24.7 Å². The van der Waals surface area contributed by atoms with Crippen LogP contribution >= 0.6 is 11.8 Å². The lowest BCUT2D eigenvalue weighted by atomic mass is 10.2. The Balaban J connectivity index is 2.30. The summed E-state index contributed by atoms with van der Waals surface area (Å²) in [5.41, 5.74) is 1.31. The van der Waals surface area contributed by atoms with Gasteiger partial charge in [-0.1, -0.05) is 19.1 Å². The van der Waals surface area contributed by atoms with Gasteiger partial charge in [-0.3, -0.25) is 0 Å². The molecule has 0 saturated heterocycles. The van der Waals surface area contributed by atoms with Gasteiger partial charge in [-0.25, -0.2) is 0 Å². The molecule has 18 heavy (non-hydrogen) atoms. The topological polar surface area (TPSA) is 21.3 Å². The number of rotatable bonds is 9. The number of nitrogens with one attached hydrogen (secondary N) is 1. The van der Waals surface area contributed by atoms with Gasteiger partial charge in [-0.15, -0.1) is 0 Å². The zero-order chi connectivity index (χ0) is 13.2. The maximum atomic E-state index is 5.57. The molecule has 0 aromatic heterocycles. The van der Waals surface area contributed by atoms with Gasteiger partial charge >= 0.3 is 0 Å². The van der Waals surface area contributed by atoms with Crippen molar-refractivity contribution in [2.45, 2.75) is 39.3 Å². The molecule has 0 heterocycles. The summed E-state index contributed by atoms with van der Waals surface area (Å²) in [5.74, 6) is 2.19. The van der Waals surface area contributed by atoms with E-state index in [9.17, 15) is 0 Å². The summed E-state index contributed by atoms with van der Waals surface area (Å²) in [5, 5.41) is 3.54. The molecule has 102 valence electrons. The Bertz CT molecular complexity index is 313. The van der Waals surface area contributed by atoms with Crippen molar-refractivity contribution in [3.8, 4) is 5.75 Å². The van der Waals surface area contributed by atoms with E-state index < -0.39 is 0 Å². The molecule has 2 nitrogen and oxygen atoms in total. The predicted octanol–water partition coefficient (Wildman–Crippen LogP) is 3.71. The molecule has 0 aliphatic carbocycles. The second-order valence-corrected chi connectivity index (χ2v) is 5.54. The van der Waals surface area contributed by atoms with Crippen molar-refractivity contribution >= 4 is 11.8 Å². The third kappa shape index (κ3) is 6.31. The van der Waals surface area contributed by atoms with E-state index in [0.717, 1.165) is 25.3 Å². The molecule has 1 rings (SSSR count). The molecule has 0 spiro atoms. The van der Waals surface area contributed by atoms with Crippen molar-refractivity contribution < 1.29 is 4.74 Å². The van der Waals surface area contributed by atoms with Crippen LogP contribution in [0.2, 0.25) is 0 Å². The molecular weight excluding hydrogens is 242 g/mol. The SMILES string of the molecule is CCCOc1ccc(CNC(C)CCSC)cc1. The van der Waals surface area contributed by atoms with E-state index in [-0.39, 0.29) is 0 Å². The molecule has 1 unspecified atom stereocenters. The van der Waals surface area contributed by atoms with E-state index in [2.05, 4.69) is 49.7 Å². The van der Waals surface area contributed by atoms with Gasteiger partial charge in [0.2, 0.25) is 0 Å². The molecule has 1 N–H and O–H groups in total. The zero-order valence-electron chi connectivity index (χ0n) is 11.7. The quantitative estimate of drug-likeness (QED) is 0.737. The zero-order valence-corrected chi connectivity index (χ0v) is 12.6. The number of hydrogen-bond donors (Lipinski definition) is 1. The molecule has 0 fully saturated rings. The molecule has 1 aromatic carbocycles. The Morgan fingerprint density at radius 3 is 2.61 bits per heavy atom. The first kappa shape index (κ1) is 15.4. The third-order valence-electron chi connectivity index (χ3n) is 2.81. The van der Waals surface area contributed by atoms with Gasteiger partial charge in [0.25, 0.3) is 0 Å². The molecule has 0 bridgehead atoms. The first-order valence-corrected chi connectivity index (χ1v) is 8.09. The van der Waals surface area contributed by atoms with Gasteiger partial charge in [0, 0.05) is 12.6 Å². The minimum Gasteiger partial charge on any atom is -0.494 e. The highest BCUT2D eigenvalue weighted by Crippen LogP contribution is 2.12. The van der Waals surface area contributed by atoms with Crippen LogP contribution in [-0.2, 0) is 6.54 Å². The fourth-order valence-electron chi connectivity index (χ4n) is 1.61. The van der Waals surface area contributed by atoms with Gasteiger partial charge in [0.1, 0.15) is 5.75 Å². The maximum Gasteiger partial charge on any atom is 0.119 e. The Morgan fingerprint density at radius 1 is 1.28 bits per heavy atom. The highest BCUT2D eigenvalue weighted by molar-refractivity contribution is 7.98. The Hall–Kier alpha value is -0.670. The highest BCUT2D eigenvalue weighted by Gasteiger charge is 2.01. The minimum absolute atomic E-state index is 0.577. The molecule has 0 aliphatic rings. The van der Waals surface area contributed by atoms with E-state index >= 15 is 0 Å². The summed E-state index contributed by atoms with van der Waals surface area (Å²) < 4.78 is 5.57. The lowest BCUT2D eigenvalue weighted by Crippen LogP contribution is -2.25.